The molecule has 0 saturated carbocycles. The molecule has 5 heteroatoms. The lowest BCUT2D eigenvalue weighted by Crippen LogP contribution is -2.40. The highest BCUT2D eigenvalue weighted by atomic mass is 19.4. The average molecular weight is 176 g/mol. The molecule has 0 bridgehead atoms. The van der Waals surface area contributed by atoms with E-state index in [1.807, 2.05) is 0 Å². The van der Waals surface area contributed by atoms with Crippen molar-refractivity contribution < 1.29 is 22.0 Å². The second-order valence-electron chi connectivity index (χ2n) is 2.57. The summed E-state index contributed by atoms with van der Waals surface area (Å²) in [6.07, 6.45) is -8.78. The fourth-order valence-electron chi connectivity index (χ4n) is 0.478. The first-order chi connectivity index (χ1) is 4.75. The van der Waals surface area contributed by atoms with Crippen LogP contribution in [0.4, 0.5) is 22.0 Å². The summed E-state index contributed by atoms with van der Waals surface area (Å²) < 4.78 is 59.3. The summed E-state index contributed by atoms with van der Waals surface area (Å²) in [5.74, 6) is 0. The fourth-order valence-corrected chi connectivity index (χ4v) is 0.478. The number of halogens is 5. The van der Waals surface area contributed by atoms with E-state index in [0.29, 0.717) is 6.92 Å². The molecule has 0 aliphatic heterocycles. The summed E-state index contributed by atoms with van der Waals surface area (Å²) in [5, 5.41) is 0. The molecule has 0 N–H and O–H groups in total. The maximum Gasteiger partial charge on any atom is 0.399 e. The van der Waals surface area contributed by atoms with Crippen LogP contribution in [0.15, 0.2) is 0 Å². The summed E-state index contributed by atoms with van der Waals surface area (Å²) >= 11 is 0. The van der Waals surface area contributed by atoms with E-state index in [9.17, 15) is 22.0 Å². The third-order valence-electron chi connectivity index (χ3n) is 1.86. The van der Waals surface area contributed by atoms with Crippen molar-refractivity contribution in [2.75, 3.05) is 0 Å². The first-order valence-corrected chi connectivity index (χ1v) is 3.10. The molecule has 0 aromatic rings. The van der Waals surface area contributed by atoms with Gasteiger partial charge in [-0.05, 0) is 13.3 Å². The Morgan fingerprint density at radius 2 is 1.55 bits per heavy atom. The Morgan fingerprint density at radius 1 is 1.18 bits per heavy atom. The van der Waals surface area contributed by atoms with Gasteiger partial charge in [-0.2, -0.15) is 13.2 Å². The third kappa shape index (κ3) is 1.81. The SMILES string of the molecule is CCC(C)(C(F)F)C(F)(F)F. The van der Waals surface area contributed by atoms with Crippen LogP contribution in [0.3, 0.4) is 0 Å². The topological polar surface area (TPSA) is 0 Å². The summed E-state index contributed by atoms with van der Waals surface area (Å²) in [6, 6.07) is 0. The van der Waals surface area contributed by atoms with Crippen molar-refractivity contribution in [2.45, 2.75) is 32.9 Å². The minimum Gasteiger partial charge on any atom is -0.210 e. The molecular weight excluding hydrogens is 167 g/mol. The van der Waals surface area contributed by atoms with Gasteiger partial charge in [0.1, 0.15) is 5.41 Å². The van der Waals surface area contributed by atoms with Crippen molar-refractivity contribution in [3.8, 4) is 0 Å². The summed E-state index contributed by atoms with van der Waals surface area (Å²) in [6.45, 7) is 1.62. The second-order valence-corrected chi connectivity index (χ2v) is 2.57. The average Bonchev–Trinajstić information content (AvgIpc) is 1.83. The zero-order chi connectivity index (χ0) is 9.28. The van der Waals surface area contributed by atoms with Gasteiger partial charge in [-0.25, -0.2) is 8.78 Å². The molecule has 68 valence electrons. The Kier molecular flexibility index (Phi) is 2.85. The van der Waals surface area contributed by atoms with Crippen molar-refractivity contribution in [1.82, 2.24) is 0 Å². The predicted octanol–water partition coefficient (Wildman–Crippen LogP) is 3.23. The van der Waals surface area contributed by atoms with Crippen LogP contribution in [0.2, 0.25) is 0 Å². The largest absolute Gasteiger partial charge is 0.399 e. The molecule has 0 heterocycles. The minimum absolute atomic E-state index is 0.525. The Morgan fingerprint density at radius 3 is 1.55 bits per heavy atom. The number of hydrogen-bond acceptors (Lipinski definition) is 0. The van der Waals surface area contributed by atoms with E-state index in [4.69, 9.17) is 0 Å². The summed E-state index contributed by atoms with van der Waals surface area (Å²) in [4.78, 5) is 0. The molecule has 0 aromatic heterocycles. The lowest BCUT2D eigenvalue weighted by molar-refractivity contribution is -0.257. The Balaban J connectivity index is 4.61. The fraction of sp³-hybridized carbons (Fsp3) is 1.00. The van der Waals surface area contributed by atoms with Gasteiger partial charge in [-0.3, -0.25) is 0 Å². The normalized spacial score (nSPS) is 18.5. The summed E-state index contributed by atoms with van der Waals surface area (Å²) in [5.41, 5.74) is -2.85. The van der Waals surface area contributed by atoms with Crippen molar-refractivity contribution in [3.63, 3.8) is 0 Å². The number of hydrogen-bond donors (Lipinski definition) is 0. The molecule has 1 unspecified atom stereocenters. The van der Waals surface area contributed by atoms with Crippen LogP contribution in [-0.4, -0.2) is 12.6 Å². The Bertz CT molecular complexity index is 127. The molecule has 0 aliphatic carbocycles. The highest BCUT2D eigenvalue weighted by Gasteiger charge is 2.56. The number of rotatable bonds is 2. The van der Waals surface area contributed by atoms with Crippen LogP contribution in [0.1, 0.15) is 20.3 Å². The first-order valence-electron chi connectivity index (χ1n) is 3.10. The van der Waals surface area contributed by atoms with Crippen LogP contribution < -0.4 is 0 Å². The third-order valence-corrected chi connectivity index (χ3v) is 1.86. The van der Waals surface area contributed by atoms with Crippen LogP contribution in [0.25, 0.3) is 0 Å². The van der Waals surface area contributed by atoms with E-state index in [1.165, 1.54) is 0 Å². The molecule has 0 nitrogen and oxygen atoms in total. The molecule has 0 saturated heterocycles. The van der Waals surface area contributed by atoms with Crippen molar-refractivity contribution in [1.29, 1.82) is 0 Å². The Labute approximate surface area is 61.4 Å². The maximum absolute atomic E-state index is 11.9. The van der Waals surface area contributed by atoms with Crippen molar-refractivity contribution in [2.24, 2.45) is 5.41 Å². The maximum atomic E-state index is 11.9. The smallest absolute Gasteiger partial charge is 0.210 e. The molecule has 0 radical (unpaired) electrons. The molecule has 0 spiro atoms. The zero-order valence-corrected chi connectivity index (χ0v) is 6.17. The van der Waals surface area contributed by atoms with Gasteiger partial charge in [0.2, 0.25) is 0 Å². The zero-order valence-electron chi connectivity index (χ0n) is 6.17. The van der Waals surface area contributed by atoms with Gasteiger partial charge in [0.05, 0.1) is 0 Å². The van der Waals surface area contributed by atoms with E-state index < -0.39 is 24.4 Å². The minimum atomic E-state index is -4.82. The van der Waals surface area contributed by atoms with Gasteiger partial charge in [0.25, 0.3) is 6.43 Å². The molecule has 0 fully saturated rings. The van der Waals surface area contributed by atoms with E-state index in [2.05, 4.69) is 0 Å². The lowest BCUT2D eigenvalue weighted by Gasteiger charge is -2.29. The van der Waals surface area contributed by atoms with Gasteiger partial charge in [0, 0.05) is 0 Å². The lowest BCUT2D eigenvalue weighted by atomic mass is 9.87. The highest BCUT2D eigenvalue weighted by molar-refractivity contribution is 4.82. The molecule has 0 amide bonds. The van der Waals surface area contributed by atoms with E-state index in [1.54, 1.807) is 0 Å². The van der Waals surface area contributed by atoms with Crippen LogP contribution in [0, 0.1) is 5.41 Å². The standard InChI is InChI=1S/C6H9F5/c1-3-5(2,4(7)8)6(9,10)11/h4H,3H2,1-2H3. The summed E-state index contributed by atoms with van der Waals surface area (Å²) in [7, 11) is 0. The van der Waals surface area contributed by atoms with Gasteiger partial charge in [-0.1, -0.05) is 6.92 Å². The quantitative estimate of drug-likeness (QED) is 0.566. The number of alkyl halides is 5. The first kappa shape index (κ1) is 10.7. The second kappa shape index (κ2) is 2.95. The molecule has 0 aliphatic rings. The van der Waals surface area contributed by atoms with E-state index >= 15 is 0 Å². The van der Waals surface area contributed by atoms with Gasteiger partial charge >= 0.3 is 6.18 Å². The van der Waals surface area contributed by atoms with Crippen molar-refractivity contribution in [3.05, 3.63) is 0 Å². The molecule has 0 aromatic carbocycles. The van der Waals surface area contributed by atoms with E-state index in [-0.39, 0.29) is 0 Å². The molecule has 11 heavy (non-hydrogen) atoms. The Hall–Kier alpha value is -0.350. The van der Waals surface area contributed by atoms with Crippen molar-refractivity contribution >= 4 is 0 Å². The van der Waals surface area contributed by atoms with Crippen LogP contribution >= 0.6 is 0 Å². The molecule has 0 rings (SSSR count). The highest BCUT2D eigenvalue weighted by Crippen LogP contribution is 2.45. The monoisotopic (exact) mass is 176 g/mol. The van der Waals surface area contributed by atoms with Gasteiger partial charge in [-0.15, -0.1) is 0 Å². The van der Waals surface area contributed by atoms with Gasteiger partial charge < -0.3 is 0 Å². The molecule has 1 atom stereocenters. The van der Waals surface area contributed by atoms with Crippen LogP contribution in [-0.2, 0) is 0 Å². The predicted molar refractivity (Wildman–Crippen MR) is 30.5 cm³/mol. The van der Waals surface area contributed by atoms with E-state index in [0.717, 1.165) is 6.92 Å². The molecular formula is C6H9F5. The van der Waals surface area contributed by atoms with Gasteiger partial charge in [0.15, 0.2) is 0 Å². The van der Waals surface area contributed by atoms with Crippen LogP contribution in [0.5, 0.6) is 0 Å².